The highest BCUT2D eigenvalue weighted by Gasteiger charge is 2.71. The van der Waals surface area contributed by atoms with Crippen molar-refractivity contribution in [1.29, 1.82) is 0 Å². The summed E-state index contributed by atoms with van der Waals surface area (Å²) in [5.74, 6) is -12.4. The quantitative estimate of drug-likeness (QED) is 0.576. The molecule has 1 nitrogen and oxygen atoms in total. The van der Waals surface area contributed by atoms with E-state index >= 15 is 0 Å². The molecule has 1 unspecified atom stereocenters. The van der Waals surface area contributed by atoms with Crippen molar-refractivity contribution < 1.29 is 26.7 Å². The van der Waals surface area contributed by atoms with Gasteiger partial charge in [-0.25, -0.2) is 8.78 Å². The average Bonchev–Trinajstić information content (AvgIpc) is 2.07. The Balaban J connectivity index is 2.98. The summed E-state index contributed by atoms with van der Waals surface area (Å²) in [4.78, 5) is 0. The molecule has 0 bridgehead atoms. The molecule has 0 aromatic rings. The molecule has 1 aliphatic heterocycles. The summed E-state index contributed by atoms with van der Waals surface area (Å²) in [6.07, 6.45) is -1.01. The SMILES string of the molecule is CC(F)(F)C1(F)OCCC1(F)F. The fourth-order valence-corrected chi connectivity index (χ4v) is 1.03. The third-order valence-electron chi connectivity index (χ3n) is 1.75. The third-order valence-corrected chi connectivity index (χ3v) is 1.75. The molecule has 0 aromatic heterocycles. The Morgan fingerprint density at radius 2 is 1.75 bits per heavy atom. The van der Waals surface area contributed by atoms with E-state index in [-0.39, 0.29) is 6.92 Å². The van der Waals surface area contributed by atoms with Gasteiger partial charge in [0.1, 0.15) is 0 Å². The minimum Gasteiger partial charge on any atom is -0.336 e. The van der Waals surface area contributed by atoms with E-state index < -0.39 is 30.7 Å². The van der Waals surface area contributed by atoms with Gasteiger partial charge in [-0.2, -0.15) is 13.2 Å². The highest BCUT2D eigenvalue weighted by Crippen LogP contribution is 2.50. The first-order valence-corrected chi connectivity index (χ1v) is 3.29. The molecule has 1 rings (SSSR count). The van der Waals surface area contributed by atoms with Crippen LogP contribution in [0, 0.1) is 0 Å². The monoisotopic (exact) mass is 190 g/mol. The number of alkyl halides is 5. The number of hydrogen-bond donors (Lipinski definition) is 0. The van der Waals surface area contributed by atoms with Gasteiger partial charge in [0.15, 0.2) is 0 Å². The van der Waals surface area contributed by atoms with Crippen LogP contribution in [0.2, 0.25) is 0 Å². The van der Waals surface area contributed by atoms with Crippen LogP contribution in [0.25, 0.3) is 0 Å². The molecule has 0 aliphatic carbocycles. The molecule has 0 N–H and O–H groups in total. The van der Waals surface area contributed by atoms with Crippen LogP contribution in [-0.2, 0) is 4.74 Å². The lowest BCUT2D eigenvalue weighted by atomic mass is 10.0. The molecular weight excluding hydrogens is 183 g/mol. The third kappa shape index (κ3) is 1.09. The lowest BCUT2D eigenvalue weighted by Crippen LogP contribution is -2.53. The summed E-state index contributed by atoms with van der Waals surface area (Å²) in [7, 11) is 0. The van der Waals surface area contributed by atoms with Gasteiger partial charge in [0, 0.05) is 13.3 Å². The molecule has 12 heavy (non-hydrogen) atoms. The summed E-state index contributed by atoms with van der Waals surface area (Å²) < 4.78 is 66.3. The van der Waals surface area contributed by atoms with Gasteiger partial charge >= 0.3 is 17.7 Å². The van der Waals surface area contributed by atoms with Crippen LogP contribution in [0.4, 0.5) is 22.0 Å². The van der Waals surface area contributed by atoms with Gasteiger partial charge in [-0.15, -0.1) is 0 Å². The molecule has 1 atom stereocenters. The van der Waals surface area contributed by atoms with Crippen molar-refractivity contribution in [2.75, 3.05) is 6.61 Å². The molecule has 1 aliphatic rings. The topological polar surface area (TPSA) is 9.23 Å². The summed E-state index contributed by atoms with van der Waals surface area (Å²) in [6, 6.07) is 0. The second kappa shape index (κ2) is 2.31. The van der Waals surface area contributed by atoms with Crippen LogP contribution >= 0.6 is 0 Å². The van der Waals surface area contributed by atoms with Gasteiger partial charge in [0.2, 0.25) is 0 Å². The van der Waals surface area contributed by atoms with Crippen molar-refractivity contribution in [2.24, 2.45) is 0 Å². The van der Waals surface area contributed by atoms with Crippen LogP contribution in [0.3, 0.4) is 0 Å². The van der Waals surface area contributed by atoms with E-state index in [4.69, 9.17) is 0 Å². The fraction of sp³-hybridized carbons (Fsp3) is 1.00. The van der Waals surface area contributed by atoms with Gasteiger partial charge in [0.05, 0.1) is 6.61 Å². The normalized spacial score (nSPS) is 35.5. The average molecular weight is 190 g/mol. The highest BCUT2D eigenvalue weighted by atomic mass is 19.3. The van der Waals surface area contributed by atoms with Crippen LogP contribution in [0.1, 0.15) is 13.3 Å². The van der Waals surface area contributed by atoms with Crippen LogP contribution < -0.4 is 0 Å². The van der Waals surface area contributed by atoms with Gasteiger partial charge in [-0.1, -0.05) is 0 Å². The van der Waals surface area contributed by atoms with Crippen LogP contribution in [0.15, 0.2) is 0 Å². The number of hydrogen-bond acceptors (Lipinski definition) is 1. The minimum atomic E-state index is -4.19. The molecule has 1 heterocycles. The zero-order valence-electron chi connectivity index (χ0n) is 6.21. The Hall–Kier alpha value is -0.390. The molecule has 0 saturated carbocycles. The second-order valence-corrected chi connectivity index (χ2v) is 2.79. The second-order valence-electron chi connectivity index (χ2n) is 2.79. The molecule has 72 valence electrons. The predicted octanol–water partition coefficient (Wildman–Crippen LogP) is 2.36. The van der Waals surface area contributed by atoms with E-state index in [0.717, 1.165) is 0 Å². The smallest absolute Gasteiger partial charge is 0.336 e. The maximum Gasteiger partial charge on any atom is 0.336 e. The van der Waals surface area contributed by atoms with Crippen molar-refractivity contribution in [2.45, 2.75) is 31.0 Å². The van der Waals surface area contributed by atoms with Crippen molar-refractivity contribution in [3.63, 3.8) is 0 Å². The Labute approximate surface area is 65.5 Å². The summed E-state index contributed by atoms with van der Waals surface area (Å²) in [5.41, 5.74) is 0. The number of halogens is 5. The largest absolute Gasteiger partial charge is 0.336 e. The summed E-state index contributed by atoms with van der Waals surface area (Å²) in [5, 5.41) is 0. The van der Waals surface area contributed by atoms with E-state index in [1.807, 2.05) is 0 Å². The van der Waals surface area contributed by atoms with Gasteiger partial charge in [0.25, 0.3) is 0 Å². The van der Waals surface area contributed by atoms with Crippen molar-refractivity contribution in [3.8, 4) is 0 Å². The first-order valence-electron chi connectivity index (χ1n) is 3.29. The van der Waals surface area contributed by atoms with Crippen LogP contribution in [0.5, 0.6) is 0 Å². The maximum absolute atomic E-state index is 12.9. The maximum atomic E-state index is 12.9. The zero-order valence-corrected chi connectivity index (χ0v) is 6.21. The highest BCUT2D eigenvalue weighted by molar-refractivity contribution is 4.98. The molecular formula is C6H7F5O. The van der Waals surface area contributed by atoms with E-state index in [2.05, 4.69) is 4.74 Å². The van der Waals surface area contributed by atoms with Gasteiger partial charge in [-0.3, -0.25) is 0 Å². The molecule has 0 aromatic carbocycles. The van der Waals surface area contributed by atoms with Crippen LogP contribution in [-0.4, -0.2) is 24.3 Å². The summed E-state index contributed by atoms with van der Waals surface area (Å²) >= 11 is 0. The van der Waals surface area contributed by atoms with E-state index in [1.54, 1.807) is 0 Å². The van der Waals surface area contributed by atoms with Gasteiger partial charge in [-0.05, 0) is 0 Å². The molecule has 1 fully saturated rings. The van der Waals surface area contributed by atoms with Crippen molar-refractivity contribution in [1.82, 2.24) is 0 Å². The lowest BCUT2D eigenvalue weighted by molar-refractivity contribution is -0.320. The molecule has 6 heteroatoms. The Morgan fingerprint density at radius 3 is 1.92 bits per heavy atom. The van der Waals surface area contributed by atoms with E-state index in [9.17, 15) is 22.0 Å². The Kier molecular flexibility index (Phi) is 1.86. The fourth-order valence-electron chi connectivity index (χ4n) is 1.03. The predicted molar refractivity (Wildman–Crippen MR) is 30.0 cm³/mol. The first-order chi connectivity index (χ1) is 5.21. The minimum absolute atomic E-state index is 0.0756. The zero-order chi connectivity index (χ0) is 9.62. The number of ether oxygens (including phenoxy) is 1. The van der Waals surface area contributed by atoms with Crippen molar-refractivity contribution >= 4 is 0 Å². The Bertz CT molecular complexity index is 187. The lowest BCUT2D eigenvalue weighted by Gasteiger charge is -2.30. The molecule has 0 amide bonds. The van der Waals surface area contributed by atoms with Crippen molar-refractivity contribution in [3.05, 3.63) is 0 Å². The standard InChI is InChI=1S/C6H7F5O/c1-4(7,8)6(11)5(9,10)2-3-12-6/h2-3H2,1H3. The molecule has 0 radical (unpaired) electrons. The van der Waals surface area contributed by atoms with E-state index in [1.165, 1.54) is 0 Å². The molecule has 1 saturated heterocycles. The number of rotatable bonds is 1. The van der Waals surface area contributed by atoms with E-state index in [0.29, 0.717) is 0 Å². The Morgan fingerprint density at radius 1 is 1.25 bits per heavy atom. The first kappa shape index (κ1) is 9.70. The summed E-state index contributed by atoms with van der Waals surface area (Å²) in [6.45, 7) is -0.612. The van der Waals surface area contributed by atoms with Gasteiger partial charge < -0.3 is 4.74 Å². The molecule has 0 spiro atoms.